The van der Waals surface area contributed by atoms with Crippen LogP contribution in [0.5, 0.6) is 11.5 Å². The second-order valence-corrected chi connectivity index (χ2v) is 9.14. The lowest BCUT2D eigenvalue weighted by atomic mass is 10.1. The molecule has 0 aliphatic heterocycles. The van der Waals surface area contributed by atoms with Gasteiger partial charge in [-0.15, -0.1) is 0 Å². The molecule has 0 aliphatic carbocycles. The van der Waals surface area contributed by atoms with Crippen LogP contribution in [0, 0.1) is 0 Å². The molecule has 1 N–H and O–H groups in total. The Morgan fingerprint density at radius 1 is 1.10 bits per heavy atom. The van der Waals surface area contributed by atoms with E-state index in [9.17, 15) is 13.2 Å². The van der Waals surface area contributed by atoms with Gasteiger partial charge in [0.25, 0.3) is 0 Å². The average Bonchev–Trinajstić information content (AvgIpc) is 2.75. The number of rotatable bonds is 13. The molecule has 0 aliphatic rings. The predicted octanol–water partition coefficient (Wildman–Crippen LogP) is 3.39. The molecule has 1 amide bonds. The fourth-order valence-electron chi connectivity index (χ4n) is 3.12. The third-order valence-electron chi connectivity index (χ3n) is 4.66. The van der Waals surface area contributed by atoms with E-state index in [2.05, 4.69) is 12.2 Å². The van der Waals surface area contributed by atoms with Gasteiger partial charge >= 0.3 is 0 Å². The van der Waals surface area contributed by atoms with Crippen LogP contribution >= 0.6 is 0 Å². The largest absolute Gasteiger partial charge is 0.497 e. The van der Waals surface area contributed by atoms with Gasteiger partial charge in [-0.2, -0.15) is 0 Å². The zero-order chi connectivity index (χ0) is 22.7. The first-order valence-corrected chi connectivity index (χ1v) is 12.3. The summed E-state index contributed by atoms with van der Waals surface area (Å²) in [4.78, 5) is 12.1. The number of benzene rings is 2. The summed E-state index contributed by atoms with van der Waals surface area (Å²) in [5, 5.41) is 2.80. The molecule has 170 valence electrons. The van der Waals surface area contributed by atoms with E-state index >= 15 is 0 Å². The van der Waals surface area contributed by atoms with E-state index in [-0.39, 0.29) is 18.9 Å². The van der Waals surface area contributed by atoms with Gasteiger partial charge in [0.05, 0.1) is 25.6 Å². The molecule has 2 aromatic carbocycles. The number of amides is 1. The van der Waals surface area contributed by atoms with Crippen molar-refractivity contribution in [1.29, 1.82) is 0 Å². The maximum Gasteiger partial charge on any atom is 0.232 e. The molecular weight excluding hydrogens is 416 g/mol. The Hall–Kier alpha value is -2.74. The molecule has 7 nitrogen and oxygen atoms in total. The van der Waals surface area contributed by atoms with Crippen LogP contribution in [0.4, 0.5) is 5.69 Å². The zero-order valence-electron chi connectivity index (χ0n) is 18.5. The summed E-state index contributed by atoms with van der Waals surface area (Å²) in [5.41, 5.74) is 1.79. The highest BCUT2D eigenvalue weighted by atomic mass is 32.2. The fraction of sp³-hybridized carbons (Fsp3) is 0.435. The molecule has 0 spiro atoms. The Bertz CT molecular complexity index is 929. The highest BCUT2D eigenvalue weighted by molar-refractivity contribution is 7.92. The highest BCUT2D eigenvalue weighted by Gasteiger charge is 2.18. The Morgan fingerprint density at radius 3 is 2.48 bits per heavy atom. The zero-order valence-corrected chi connectivity index (χ0v) is 19.3. The van der Waals surface area contributed by atoms with Crippen molar-refractivity contribution in [3.63, 3.8) is 0 Å². The lowest BCUT2D eigenvalue weighted by molar-refractivity contribution is -0.121. The third kappa shape index (κ3) is 8.49. The number of hydrogen-bond donors (Lipinski definition) is 1. The summed E-state index contributed by atoms with van der Waals surface area (Å²) in [6.07, 6.45) is 3.93. The standard InChI is InChI=1S/C23H32N2O5S/c1-4-7-19-11-13-21(14-12-19)30-17-15-24-23(26)10-6-16-25(31(3,27)28)20-8-5-9-22(18-20)29-2/h5,8-9,11-14,18H,4,6-7,10,15-17H2,1-3H3,(H,24,26). The van der Waals surface area contributed by atoms with E-state index in [1.807, 2.05) is 24.3 Å². The van der Waals surface area contributed by atoms with Crippen LogP contribution in [0.2, 0.25) is 0 Å². The van der Waals surface area contributed by atoms with Gasteiger partial charge in [0.2, 0.25) is 15.9 Å². The molecular formula is C23H32N2O5S. The van der Waals surface area contributed by atoms with Gasteiger partial charge in [-0.25, -0.2) is 8.42 Å². The van der Waals surface area contributed by atoms with E-state index in [1.54, 1.807) is 24.3 Å². The molecule has 0 bridgehead atoms. The Balaban J connectivity index is 1.74. The summed E-state index contributed by atoms with van der Waals surface area (Å²) in [6.45, 7) is 3.12. The normalized spacial score (nSPS) is 11.1. The van der Waals surface area contributed by atoms with Crippen molar-refractivity contribution in [1.82, 2.24) is 5.32 Å². The van der Waals surface area contributed by atoms with Gasteiger partial charge in [-0.3, -0.25) is 9.10 Å². The van der Waals surface area contributed by atoms with Crippen molar-refractivity contribution in [2.24, 2.45) is 0 Å². The molecule has 0 fully saturated rings. The first-order chi connectivity index (χ1) is 14.8. The number of ether oxygens (including phenoxy) is 2. The number of carbonyl (C=O) groups excluding carboxylic acids is 1. The van der Waals surface area contributed by atoms with Crippen molar-refractivity contribution in [2.45, 2.75) is 32.6 Å². The number of nitrogens with zero attached hydrogens (tertiary/aromatic N) is 1. The van der Waals surface area contributed by atoms with Crippen molar-refractivity contribution in [3.8, 4) is 11.5 Å². The van der Waals surface area contributed by atoms with Gasteiger partial charge in [0, 0.05) is 19.0 Å². The number of methoxy groups -OCH3 is 1. The maximum atomic E-state index is 12.2. The average molecular weight is 449 g/mol. The smallest absolute Gasteiger partial charge is 0.232 e. The summed E-state index contributed by atoms with van der Waals surface area (Å²) < 4.78 is 36.5. The first-order valence-electron chi connectivity index (χ1n) is 10.4. The number of sulfonamides is 1. The monoisotopic (exact) mass is 448 g/mol. The van der Waals surface area contributed by atoms with Crippen LogP contribution in [0.15, 0.2) is 48.5 Å². The number of hydrogen-bond acceptors (Lipinski definition) is 5. The fourth-order valence-corrected chi connectivity index (χ4v) is 4.08. The van der Waals surface area contributed by atoms with Gasteiger partial charge in [-0.1, -0.05) is 31.5 Å². The second-order valence-electron chi connectivity index (χ2n) is 7.23. The van der Waals surface area contributed by atoms with Crippen molar-refractivity contribution < 1.29 is 22.7 Å². The highest BCUT2D eigenvalue weighted by Crippen LogP contribution is 2.23. The molecule has 31 heavy (non-hydrogen) atoms. The molecule has 0 saturated heterocycles. The lowest BCUT2D eigenvalue weighted by Crippen LogP contribution is -2.32. The topological polar surface area (TPSA) is 84.9 Å². The van der Waals surface area contributed by atoms with Crippen molar-refractivity contribution in [2.75, 3.05) is 37.4 Å². The van der Waals surface area contributed by atoms with Gasteiger partial charge < -0.3 is 14.8 Å². The van der Waals surface area contributed by atoms with E-state index in [0.717, 1.165) is 24.8 Å². The third-order valence-corrected chi connectivity index (χ3v) is 5.86. The van der Waals surface area contributed by atoms with E-state index in [1.165, 1.54) is 17.0 Å². The summed E-state index contributed by atoms with van der Waals surface area (Å²) in [5.74, 6) is 1.21. The van der Waals surface area contributed by atoms with E-state index in [4.69, 9.17) is 9.47 Å². The first kappa shape index (κ1) is 24.5. The van der Waals surface area contributed by atoms with Crippen LogP contribution in [0.1, 0.15) is 31.7 Å². The van der Waals surface area contributed by atoms with Gasteiger partial charge in [0.15, 0.2) is 0 Å². The van der Waals surface area contributed by atoms with Gasteiger partial charge in [0.1, 0.15) is 18.1 Å². The van der Waals surface area contributed by atoms with Crippen LogP contribution < -0.4 is 19.1 Å². The molecule has 8 heteroatoms. The Morgan fingerprint density at radius 2 is 1.84 bits per heavy atom. The number of anilines is 1. The van der Waals surface area contributed by atoms with E-state index < -0.39 is 10.0 Å². The van der Waals surface area contributed by atoms with Crippen molar-refractivity contribution >= 4 is 21.6 Å². The molecule has 0 saturated carbocycles. The predicted molar refractivity (Wildman–Crippen MR) is 123 cm³/mol. The minimum atomic E-state index is -3.47. The summed E-state index contributed by atoms with van der Waals surface area (Å²) >= 11 is 0. The molecule has 0 radical (unpaired) electrons. The minimum absolute atomic E-state index is 0.138. The van der Waals surface area contributed by atoms with Crippen molar-refractivity contribution in [3.05, 3.63) is 54.1 Å². The van der Waals surface area contributed by atoms with Crippen LogP contribution in [0.25, 0.3) is 0 Å². The molecule has 0 atom stereocenters. The summed E-state index contributed by atoms with van der Waals surface area (Å²) in [7, 11) is -1.95. The second kappa shape index (κ2) is 12.2. The number of carbonyl (C=O) groups is 1. The quantitative estimate of drug-likeness (QED) is 0.475. The molecule has 0 unspecified atom stereocenters. The SMILES string of the molecule is CCCc1ccc(OCCNC(=O)CCCN(c2cccc(OC)c2)S(C)(=O)=O)cc1. The maximum absolute atomic E-state index is 12.2. The Labute approximate surface area is 185 Å². The summed E-state index contributed by atoms with van der Waals surface area (Å²) in [6, 6.07) is 14.8. The molecule has 2 aromatic rings. The minimum Gasteiger partial charge on any atom is -0.497 e. The lowest BCUT2D eigenvalue weighted by Gasteiger charge is -2.22. The van der Waals surface area contributed by atoms with Gasteiger partial charge in [-0.05, 0) is 42.7 Å². The number of aryl methyl sites for hydroxylation is 1. The van der Waals surface area contributed by atoms with Crippen LogP contribution in [0.3, 0.4) is 0 Å². The van der Waals surface area contributed by atoms with Crippen LogP contribution in [-0.2, 0) is 21.2 Å². The Kier molecular flexibility index (Phi) is 9.65. The number of nitrogens with one attached hydrogen (secondary N) is 1. The molecule has 0 heterocycles. The molecule has 0 aromatic heterocycles. The van der Waals surface area contributed by atoms with E-state index in [0.29, 0.717) is 31.0 Å². The molecule has 2 rings (SSSR count). The van der Waals surface area contributed by atoms with Crippen LogP contribution in [-0.4, -0.2) is 47.4 Å².